The molecule has 1 unspecified atom stereocenters. The highest BCUT2D eigenvalue weighted by Gasteiger charge is 2.55. The van der Waals surface area contributed by atoms with E-state index in [9.17, 15) is 31.5 Å². The fraction of sp³-hybridized carbons (Fsp3) is 0.364. The number of alkyl halides is 3. The number of amides is 1. The largest absolute Gasteiger partial charge is 0.530 e. The number of nitrogens with zero attached hydrogens (tertiary/aromatic N) is 1. The van der Waals surface area contributed by atoms with Crippen LogP contribution >= 0.6 is 0 Å². The number of sulfonamides is 1. The van der Waals surface area contributed by atoms with Gasteiger partial charge in [-0.05, 0) is 12.1 Å². The molecule has 1 aliphatic heterocycles. The van der Waals surface area contributed by atoms with Gasteiger partial charge < -0.3 is 5.11 Å². The molecule has 1 aromatic carbocycles. The molecule has 1 aliphatic rings. The highest BCUT2D eigenvalue weighted by atomic mass is 32.2. The molecule has 1 amide bonds. The maximum absolute atomic E-state index is 13.0. The van der Waals surface area contributed by atoms with Crippen LogP contribution in [0.15, 0.2) is 29.2 Å². The fourth-order valence-electron chi connectivity index (χ4n) is 2.18. The second-order valence-corrected chi connectivity index (χ2v) is 6.61. The maximum atomic E-state index is 13.0. The van der Waals surface area contributed by atoms with E-state index in [2.05, 4.69) is 5.32 Å². The third-order valence-electron chi connectivity index (χ3n) is 3.30. The second-order valence-electron chi connectivity index (χ2n) is 4.52. The topological polar surface area (TPSA) is 83.5 Å². The normalized spacial score (nSPS) is 23.2. The first-order valence-electron chi connectivity index (χ1n) is 5.86. The lowest BCUT2D eigenvalue weighted by molar-refractivity contribution is -0.716. The molecule has 0 bridgehead atoms. The minimum absolute atomic E-state index is 0.0831. The predicted molar refractivity (Wildman–Crippen MR) is 64.7 cm³/mol. The van der Waals surface area contributed by atoms with E-state index in [1.54, 1.807) is 0 Å². The van der Waals surface area contributed by atoms with Crippen molar-refractivity contribution >= 4 is 16.1 Å². The first kappa shape index (κ1) is 15.7. The SMILES string of the molecule is O=C(O)[N+]1(S(=O)(=O)c2ccccc2C(F)(F)F)CCNC1. The van der Waals surface area contributed by atoms with Crippen molar-refractivity contribution in [1.82, 2.24) is 5.32 Å². The molecule has 1 aromatic rings. The van der Waals surface area contributed by atoms with Gasteiger partial charge in [0.15, 0.2) is 6.67 Å². The summed E-state index contributed by atoms with van der Waals surface area (Å²) in [4.78, 5) is 10.4. The van der Waals surface area contributed by atoms with Crippen LogP contribution in [0.2, 0.25) is 0 Å². The Kier molecular flexibility index (Phi) is 3.72. The van der Waals surface area contributed by atoms with Gasteiger partial charge in [0.25, 0.3) is 0 Å². The van der Waals surface area contributed by atoms with Crippen LogP contribution in [0, 0.1) is 0 Å². The van der Waals surface area contributed by atoms with Crippen molar-refractivity contribution < 1.29 is 35.4 Å². The third kappa shape index (κ3) is 2.39. The summed E-state index contributed by atoms with van der Waals surface area (Å²) in [5, 5.41) is 11.8. The summed E-state index contributed by atoms with van der Waals surface area (Å²) in [5.41, 5.74) is -1.37. The zero-order valence-electron chi connectivity index (χ0n) is 10.6. The molecule has 10 heteroatoms. The number of carboxylic acid groups (broad SMARTS) is 1. The number of carbonyl (C=O) groups is 1. The Balaban J connectivity index is 2.68. The molecule has 1 atom stereocenters. The van der Waals surface area contributed by atoms with Crippen LogP contribution in [0.3, 0.4) is 0 Å². The van der Waals surface area contributed by atoms with Crippen LogP contribution in [0.25, 0.3) is 0 Å². The van der Waals surface area contributed by atoms with Crippen LogP contribution in [0.5, 0.6) is 0 Å². The van der Waals surface area contributed by atoms with Crippen molar-refractivity contribution in [3.63, 3.8) is 0 Å². The summed E-state index contributed by atoms with van der Waals surface area (Å²) in [7, 11) is -4.76. The molecule has 6 nitrogen and oxygen atoms in total. The quantitative estimate of drug-likeness (QED) is 0.804. The van der Waals surface area contributed by atoms with Gasteiger partial charge in [0.2, 0.25) is 0 Å². The minimum Gasteiger partial charge on any atom is -0.435 e. The van der Waals surface area contributed by atoms with Gasteiger partial charge in [-0.25, -0.2) is 0 Å². The zero-order valence-corrected chi connectivity index (χ0v) is 11.4. The second kappa shape index (κ2) is 4.97. The van der Waals surface area contributed by atoms with E-state index in [4.69, 9.17) is 0 Å². The Morgan fingerprint density at radius 1 is 1.29 bits per heavy atom. The number of nitrogens with one attached hydrogen (secondary N) is 1. The monoisotopic (exact) mass is 325 g/mol. The van der Waals surface area contributed by atoms with E-state index < -0.39 is 43.3 Å². The lowest BCUT2D eigenvalue weighted by Gasteiger charge is -2.26. The molecule has 2 N–H and O–H groups in total. The molecular formula is C11H12F3N2O4S+. The highest BCUT2D eigenvalue weighted by molar-refractivity contribution is 7.86. The molecule has 1 fully saturated rings. The average Bonchev–Trinajstić information content (AvgIpc) is 2.89. The Bertz CT molecular complexity index is 666. The van der Waals surface area contributed by atoms with E-state index in [0.717, 1.165) is 18.2 Å². The number of halogens is 3. The summed E-state index contributed by atoms with van der Waals surface area (Å²) in [6.45, 7) is -0.743. The molecule has 1 heterocycles. The summed E-state index contributed by atoms with van der Waals surface area (Å²) in [6, 6.07) is 3.58. The van der Waals surface area contributed by atoms with Crippen molar-refractivity contribution in [3.8, 4) is 0 Å². The van der Waals surface area contributed by atoms with Gasteiger partial charge in [0.05, 0.1) is 12.1 Å². The molecule has 1 saturated heterocycles. The summed E-state index contributed by atoms with van der Waals surface area (Å²) in [6.07, 6.45) is -6.60. The highest BCUT2D eigenvalue weighted by Crippen LogP contribution is 2.37. The molecule has 0 radical (unpaired) electrons. The number of hydrogen-bond donors (Lipinski definition) is 2. The Labute approximate surface area is 118 Å². The van der Waals surface area contributed by atoms with Crippen LogP contribution in [0.4, 0.5) is 18.0 Å². The van der Waals surface area contributed by atoms with Crippen LogP contribution in [-0.4, -0.2) is 43.3 Å². The van der Waals surface area contributed by atoms with Crippen LogP contribution in [0.1, 0.15) is 5.56 Å². The van der Waals surface area contributed by atoms with E-state index in [1.807, 2.05) is 0 Å². The Morgan fingerprint density at radius 3 is 2.38 bits per heavy atom. The van der Waals surface area contributed by atoms with E-state index in [0.29, 0.717) is 6.07 Å². The number of quaternary nitrogens is 1. The first-order valence-corrected chi connectivity index (χ1v) is 7.30. The molecule has 2 rings (SSSR count). The van der Waals surface area contributed by atoms with E-state index >= 15 is 0 Å². The van der Waals surface area contributed by atoms with Crippen molar-refractivity contribution in [2.45, 2.75) is 11.1 Å². The Morgan fingerprint density at radius 2 is 1.90 bits per heavy atom. The van der Waals surface area contributed by atoms with Gasteiger partial charge in [-0.3, -0.25) is 5.32 Å². The van der Waals surface area contributed by atoms with Gasteiger partial charge in [0, 0.05) is 0 Å². The van der Waals surface area contributed by atoms with Crippen LogP contribution in [-0.2, 0) is 16.2 Å². The summed E-state index contributed by atoms with van der Waals surface area (Å²) >= 11 is 0. The summed E-state index contributed by atoms with van der Waals surface area (Å²) < 4.78 is 62.4. The van der Waals surface area contributed by atoms with Crippen molar-refractivity contribution in [2.75, 3.05) is 19.8 Å². The molecule has 21 heavy (non-hydrogen) atoms. The lowest BCUT2D eigenvalue weighted by atomic mass is 10.2. The summed E-state index contributed by atoms with van der Waals surface area (Å²) in [5.74, 6) is 0. The predicted octanol–water partition coefficient (Wildman–Crippen LogP) is 1.45. The minimum atomic E-state index is -4.89. The standard InChI is InChI=1S/C11H11F3N2O4S/c12-11(13,14)8-3-1-2-4-9(8)21(19,20)16(10(17)18)6-5-15-7-16/h1-4,15H,5-7H2/p+1. The zero-order chi connectivity index (χ0) is 15.9. The molecule has 0 aliphatic carbocycles. The number of benzene rings is 1. The molecule has 0 spiro atoms. The maximum Gasteiger partial charge on any atom is 0.530 e. The van der Waals surface area contributed by atoms with Gasteiger partial charge in [-0.1, -0.05) is 12.1 Å². The van der Waals surface area contributed by atoms with Crippen molar-refractivity contribution in [2.24, 2.45) is 0 Å². The van der Waals surface area contributed by atoms with Gasteiger partial charge in [-0.2, -0.15) is 26.4 Å². The first-order chi connectivity index (χ1) is 9.63. The Hall–Kier alpha value is -1.65. The van der Waals surface area contributed by atoms with Crippen molar-refractivity contribution in [3.05, 3.63) is 29.8 Å². The third-order valence-corrected chi connectivity index (χ3v) is 5.60. The smallest absolute Gasteiger partial charge is 0.435 e. The molecule has 0 saturated carbocycles. The number of rotatable bonds is 2. The lowest BCUT2D eigenvalue weighted by Crippen LogP contribution is -2.55. The van der Waals surface area contributed by atoms with Crippen molar-refractivity contribution in [1.29, 1.82) is 0 Å². The fourth-order valence-corrected chi connectivity index (χ4v) is 4.07. The van der Waals surface area contributed by atoms with Gasteiger partial charge in [0.1, 0.15) is 11.4 Å². The molecule has 0 aromatic heterocycles. The van der Waals surface area contributed by atoms with Gasteiger partial charge >= 0.3 is 22.3 Å². The van der Waals surface area contributed by atoms with E-state index in [1.165, 1.54) is 0 Å². The molecular weight excluding hydrogens is 313 g/mol. The van der Waals surface area contributed by atoms with Gasteiger partial charge in [-0.15, -0.1) is 3.89 Å². The number of hydrogen-bond acceptors (Lipinski definition) is 4. The average molecular weight is 325 g/mol. The molecule has 116 valence electrons. The van der Waals surface area contributed by atoms with Crippen LogP contribution < -0.4 is 5.32 Å². The van der Waals surface area contributed by atoms with E-state index in [-0.39, 0.29) is 13.1 Å².